The van der Waals surface area contributed by atoms with Crippen LogP contribution in [0.2, 0.25) is 0 Å². The third-order valence-corrected chi connectivity index (χ3v) is 3.35. The molecule has 0 aromatic heterocycles. The fraction of sp³-hybridized carbons (Fsp3) is 0.0667. The minimum Gasteiger partial charge on any atom is -0.508 e. The van der Waals surface area contributed by atoms with Gasteiger partial charge in [-0.05, 0) is 18.2 Å². The van der Waals surface area contributed by atoms with Crippen LogP contribution >= 0.6 is 0 Å². The first-order valence-electron chi connectivity index (χ1n) is 6.27. The van der Waals surface area contributed by atoms with E-state index in [2.05, 4.69) is 4.99 Å². The van der Waals surface area contributed by atoms with Crippen molar-refractivity contribution in [1.29, 1.82) is 0 Å². The van der Waals surface area contributed by atoms with E-state index in [1.54, 1.807) is 0 Å². The van der Waals surface area contributed by atoms with Crippen LogP contribution in [0.1, 0.15) is 15.9 Å². The van der Waals surface area contributed by atoms with Crippen molar-refractivity contribution in [2.24, 2.45) is 4.99 Å². The Kier molecular flexibility index (Phi) is 3.00. The van der Waals surface area contributed by atoms with Crippen molar-refractivity contribution in [1.82, 2.24) is 0 Å². The van der Waals surface area contributed by atoms with Crippen LogP contribution in [0.4, 0.5) is 5.69 Å². The molecule has 3 rings (SSSR count). The number of carbonyl (C=O) groups is 1. The molecule has 2 aromatic rings. The Morgan fingerprint density at radius 1 is 0.909 bits per heavy atom. The Balaban J connectivity index is 2.21. The molecule has 0 spiro atoms. The average Bonchev–Trinajstić information content (AvgIpc) is 2.45. The first kappa shape index (κ1) is 13.9. The van der Waals surface area contributed by atoms with Crippen LogP contribution in [-0.2, 0) is 0 Å². The fourth-order valence-electron chi connectivity index (χ4n) is 2.29. The number of benzene rings is 2. The van der Waals surface area contributed by atoms with Gasteiger partial charge in [0.15, 0.2) is 17.6 Å². The molecule has 7 heteroatoms. The van der Waals surface area contributed by atoms with Crippen molar-refractivity contribution in [3.63, 3.8) is 0 Å². The second-order valence-corrected chi connectivity index (χ2v) is 4.83. The van der Waals surface area contributed by atoms with Crippen LogP contribution in [-0.4, -0.2) is 43.1 Å². The quantitative estimate of drug-likeness (QED) is 0.503. The Labute approximate surface area is 124 Å². The number of fused-ring (bicyclic) bond motifs is 1. The van der Waals surface area contributed by atoms with Gasteiger partial charge < -0.3 is 25.5 Å². The number of nitrogens with zero attached hydrogens (tertiary/aromatic N) is 1. The molecule has 1 unspecified atom stereocenters. The summed E-state index contributed by atoms with van der Waals surface area (Å²) in [4.78, 5) is 16.3. The molecule has 1 aliphatic heterocycles. The van der Waals surface area contributed by atoms with E-state index in [-0.39, 0.29) is 34.0 Å². The maximum absolute atomic E-state index is 12.2. The largest absolute Gasteiger partial charge is 0.508 e. The molecular formula is C15H11NO6. The molecule has 1 heterocycles. The van der Waals surface area contributed by atoms with Gasteiger partial charge in [0.2, 0.25) is 5.78 Å². The molecule has 0 aliphatic carbocycles. The van der Waals surface area contributed by atoms with Gasteiger partial charge in [0.1, 0.15) is 11.5 Å². The molecule has 0 saturated carbocycles. The highest BCUT2D eigenvalue weighted by atomic mass is 16.3. The molecule has 7 nitrogen and oxygen atoms in total. The Morgan fingerprint density at radius 2 is 1.64 bits per heavy atom. The highest BCUT2D eigenvalue weighted by molar-refractivity contribution is 6.26. The normalized spacial score (nSPS) is 17.0. The number of ketones is 1. The van der Waals surface area contributed by atoms with Crippen LogP contribution in [0, 0.1) is 0 Å². The van der Waals surface area contributed by atoms with Gasteiger partial charge in [-0.15, -0.1) is 0 Å². The van der Waals surface area contributed by atoms with E-state index >= 15 is 0 Å². The van der Waals surface area contributed by atoms with Gasteiger partial charge in [0, 0.05) is 17.7 Å². The van der Waals surface area contributed by atoms with Crippen LogP contribution in [0.5, 0.6) is 23.0 Å². The molecule has 112 valence electrons. The van der Waals surface area contributed by atoms with Gasteiger partial charge in [0.25, 0.3) is 0 Å². The molecule has 5 N–H and O–H groups in total. The second-order valence-electron chi connectivity index (χ2n) is 4.83. The molecule has 1 atom stereocenters. The van der Waals surface area contributed by atoms with E-state index in [0.717, 1.165) is 12.1 Å². The molecule has 1 aliphatic rings. The number of aliphatic imine (C=N–C) groups is 1. The maximum Gasteiger partial charge on any atom is 0.203 e. The number of hydrogen-bond donors (Lipinski definition) is 5. The van der Waals surface area contributed by atoms with Gasteiger partial charge in [-0.25, -0.2) is 4.99 Å². The second kappa shape index (κ2) is 4.74. The summed E-state index contributed by atoms with van der Waals surface area (Å²) in [6, 6.07) is 5.88. The smallest absolute Gasteiger partial charge is 0.203 e. The van der Waals surface area contributed by atoms with Crippen molar-refractivity contribution < 1.29 is 30.3 Å². The summed E-state index contributed by atoms with van der Waals surface area (Å²) < 4.78 is 0. The first-order chi connectivity index (χ1) is 10.4. The third-order valence-electron chi connectivity index (χ3n) is 3.35. The number of aromatic hydroxyl groups is 4. The first-order valence-corrected chi connectivity index (χ1v) is 6.27. The molecular weight excluding hydrogens is 290 g/mol. The van der Waals surface area contributed by atoms with E-state index < -0.39 is 23.4 Å². The van der Waals surface area contributed by atoms with E-state index in [9.17, 15) is 30.3 Å². The molecule has 0 amide bonds. The summed E-state index contributed by atoms with van der Waals surface area (Å²) in [5.41, 5.74) is -0.00477. The average molecular weight is 301 g/mol. The standard InChI is InChI=1S/C15H11NO6/c17-7-4-8-12(11(20)5-7)14(21)15(22)13(16-8)6-1-2-9(18)10(19)3-6/h1-5,15,17-20,22H. The number of carbonyl (C=O) groups excluding carboxylic acids is 1. The Hall–Kier alpha value is -3.06. The van der Waals surface area contributed by atoms with Gasteiger partial charge in [-0.1, -0.05) is 0 Å². The molecule has 22 heavy (non-hydrogen) atoms. The van der Waals surface area contributed by atoms with Crippen LogP contribution in [0.25, 0.3) is 0 Å². The zero-order valence-corrected chi connectivity index (χ0v) is 11.1. The van der Waals surface area contributed by atoms with Gasteiger partial charge in [-0.2, -0.15) is 0 Å². The van der Waals surface area contributed by atoms with Gasteiger partial charge in [0.05, 0.1) is 17.0 Å². The van der Waals surface area contributed by atoms with Crippen molar-refractivity contribution in [3.8, 4) is 23.0 Å². The SMILES string of the molecule is O=C1c2c(O)cc(O)cc2N=C(c2ccc(O)c(O)c2)C1O. The molecule has 2 aromatic carbocycles. The summed E-state index contributed by atoms with van der Waals surface area (Å²) in [5, 5.41) is 48.1. The third kappa shape index (κ3) is 2.04. The van der Waals surface area contributed by atoms with E-state index in [4.69, 9.17) is 0 Å². The van der Waals surface area contributed by atoms with E-state index in [1.807, 2.05) is 0 Å². The number of rotatable bonds is 1. The Morgan fingerprint density at radius 3 is 2.32 bits per heavy atom. The fourth-order valence-corrected chi connectivity index (χ4v) is 2.29. The summed E-state index contributed by atoms with van der Waals surface area (Å²) >= 11 is 0. The van der Waals surface area contributed by atoms with Crippen molar-refractivity contribution >= 4 is 17.2 Å². The maximum atomic E-state index is 12.2. The summed E-state index contributed by atoms with van der Waals surface area (Å²) in [6.45, 7) is 0. The highest BCUT2D eigenvalue weighted by Crippen LogP contribution is 2.38. The number of Topliss-reactive ketones (excluding diaryl/α,β-unsaturated/α-hetero) is 1. The number of hydrogen-bond acceptors (Lipinski definition) is 7. The van der Waals surface area contributed by atoms with Crippen molar-refractivity contribution in [2.45, 2.75) is 6.10 Å². The summed E-state index contributed by atoms with van der Waals surface area (Å²) in [6.07, 6.45) is -1.63. The lowest BCUT2D eigenvalue weighted by atomic mass is 9.92. The summed E-state index contributed by atoms with van der Waals surface area (Å²) in [7, 11) is 0. The topological polar surface area (TPSA) is 131 Å². The minimum atomic E-state index is -1.63. The predicted molar refractivity (Wildman–Crippen MR) is 76.1 cm³/mol. The molecule has 0 fully saturated rings. The van der Waals surface area contributed by atoms with Crippen molar-refractivity contribution in [2.75, 3.05) is 0 Å². The number of aliphatic hydroxyl groups excluding tert-OH is 1. The summed E-state index contributed by atoms with van der Waals surface area (Å²) in [5.74, 6) is -2.31. The van der Waals surface area contributed by atoms with Crippen molar-refractivity contribution in [3.05, 3.63) is 41.5 Å². The van der Waals surface area contributed by atoms with Crippen LogP contribution < -0.4 is 0 Å². The zero-order valence-electron chi connectivity index (χ0n) is 11.1. The van der Waals surface area contributed by atoms with E-state index in [0.29, 0.717) is 0 Å². The van der Waals surface area contributed by atoms with E-state index in [1.165, 1.54) is 18.2 Å². The number of phenolic OH excluding ortho intramolecular Hbond substituents is 4. The molecule has 0 bridgehead atoms. The Bertz CT molecular complexity index is 827. The predicted octanol–water partition coefficient (Wildman–Crippen LogP) is 1.19. The number of phenols is 4. The molecule has 0 saturated heterocycles. The number of aliphatic hydroxyl groups is 1. The lowest BCUT2D eigenvalue weighted by molar-refractivity contribution is 0.0839. The van der Waals surface area contributed by atoms with Crippen LogP contribution in [0.15, 0.2) is 35.3 Å². The van der Waals surface area contributed by atoms with Gasteiger partial charge >= 0.3 is 0 Å². The zero-order chi connectivity index (χ0) is 16.0. The van der Waals surface area contributed by atoms with Crippen LogP contribution in [0.3, 0.4) is 0 Å². The van der Waals surface area contributed by atoms with Gasteiger partial charge in [-0.3, -0.25) is 4.79 Å². The lowest BCUT2D eigenvalue weighted by Crippen LogP contribution is -2.33. The highest BCUT2D eigenvalue weighted by Gasteiger charge is 2.33. The lowest BCUT2D eigenvalue weighted by Gasteiger charge is -2.21. The minimum absolute atomic E-state index is 0.00960. The monoisotopic (exact) mass is 301 g/mol. The molecule has 0 radical (unpaired) electrons.